The first-order valence-corrected chi connectivity index (χ1v) is 5.96. The number of nitrogens with one attached hydrogen (secondary N) is 2. The van der Waals surface area contributed by atoms with Crippen LogP contribution in [0.5, 0.6) is 0 Å². The molecule has 3 N–H and O–H groups in total. The highest BCUT2D eigenvalue weighted by Crippen LogP contribution is 2.40. The second-order valence-corrected chi connectivity index (χ2v) is 5.30. The zero-order valence-corrected chi connectivity index (χ0v) is 9.99. The van der Waals surface area contributed by atoms with Crippen molar-refractivity contribution in [2.45, 2.75) is 32.4 Å². The molecule has 92 valence electrons. The maximum atomic E-state index is 11.3. The maximum Gasteiger partial charge on any atom is 0.317 e. The molecule has 1 saturated heterocycles. The first-order chi connectivity index (χ1) is 7.51. The molecule has 2 aliphatic rings. The summed E-state index contributed by atoms with van der Waals surface area (Å²) in [5.74, 6) is 0. The zero-order chi connectivity index (χ0) is 11.8. The van der Waals surface area contributed by atoms with Crippen LogP contribution in [0.4, 0.5) is 4.79 Å². The predicted molar refractivity (Wildman–Crippen MR) is 61.2 cm³/mol. The normalized spacial score (nSPS) is 32.4. The molecule has 0 aromatic carbocycles. The third-order valence-corrected chi connectivity index (χ3v) is 3.93. The zero-order valence-electron chi connectivity index (χ0n) is 9.99. The molecule has 1 saturated carbocycles. The molecule has 1 heterocycles. The van der Waals surface area contributed by atoms with Crippen molar-refractivity contribution in [3.63, 3.8) is 0 Å². The molecule has 0 bridgehead atoms. The van der Waals surface area contributed by atoms with Gasteiger partial charge >= 0.3 is 6.03 Å². The summed E-state index contributed by atoms with van der Waals surface area (Å²) in [6.07, 6.45) is 0.624. The standard InChI is InChI=1S/C11H21N3O2/c1-11(2)8(7-9(11)15)12-3-5-14-6-4-13-10(14)16/h8-9,12,15H,3-7H2,1-2H3,(H,13,16). The second-order valence-electron chi connectivity index (χ2n) is 5.30. The summed E-state index contributed by atoms with van der Waals surface area (Å²) in [4.78, 5) is 13.1. The number of hydrogen-bond donors (Lipinski definition) is 3. The van der Waals surface area contributed by atoms with E-state index >= 15 is 0 Å². The van der Waals surface area contributed by atoms with Crippen LogP contribution in [0.3, 0.4) is 0 Å². The van der Waals surface area contributed by atoms with Crippen molar-refractivity contribution in [3.05, 3.63) is 0 Å². The second kappa shape index (κ2) is 4.22. The van der Waals surface area contributed by atoms with Gasteiger partial charge in [0.05, 0.1) is 6.10 Å². The fraction of sp³-hybridized carbons (Fsp3) is 0.909. The Morgan fingerprint density at radius 2 is 2.38 bits per heavy atom. The van der Waals surface area contributed by atoms with Gasteiger partial charge in [-0.2, -0.15) is 0 Å². The number of rotatable bonds is 4. The molecule has 0 radical (unpaired) electrons. The largest absolute Gasteiger partial charge is 0.392 e. The average molecular weight is 227 g/mol. The first-order valence-electron chi connectivity index (χ1n) is 5.96. The Hall–Kier alpha value is -0.810. The van der Waals surface area contributed by atoms with E-state index in [1.54, 1.807) is 0 Å². The van der Waals surface area contributed by atoms with Gasteiger partial charge in [-0.3, -0.25) is 0 Å². The Morgan fingerprint density at radius 1 is 1.62 bits per heavy atom. The van der Waals surface area contributed by atoms with Gasteiger partial charge in [-0.05, 0) is 6.42 Å². The van der Waals surface area contributed by atoms with Gasteiger partial charge in [0.1, 0.15) is 0 Å². The lowest BCUT2D eigenvalue weighted by Gasteiger charge is -2.49. The molecule has 0 aromatic rings. The maximum absolute atomic E-state index is 11.3. The summed E-state index contributed by atoms with van der Waals surface area (Å²) in [6.45, 7) is 7.25. The highest BCUT2D eigenvalue weighted by molar-refractivity contribution is 5.76. The van der Waals surface area contributed by atoms with Crippen molar-refractivity contribution < 1.29 is 9.90 Å². The molecule has 2 amide bonds. The number of nitrogens with zero attached hydrogens (tertiary/aromatic N) is 1. The first kappa shape index (κ1) is 11.7. The number of urea groups is 1. The molecule has 5 heteroatoms. The van der Waals surface area contributed by atoms with Gasteiger partial charge < -0.3 is 20.6 Å². The van der Waals surface area contributed by atoms with Gasteiger partial charge in [-0.15, -0.1) is 0 Å². The van der Waals surface area contributed by atoms with Crippen LogP contribution >= 0.6 is 0 Å². The van der Waals surface area contributed by atoms with Crippen LogP contribution in [0.15, 0.2) is 0 Å². The van der Waals surface area contributed by atoms with E-state index < -0.39 is 0 Å². The van der Waals surface area contributed by atoms with Gasteiger partial charge in [0.15, 0.2) is 0 Å². The van der Waals surface area contributed by atoms with Crippen LogP contribution < -0.4 is 10.6 Å². The lowest BCUT2D eigenvalue weighted by Crippen LogP contribution is -2.60. The minimum Gasteiger partial charge on any atom is -0.392 e. The monoisotopic (exact) mass is 227 g/mol. The minimum absolute atomic E-state index is 0.0345. The molecule has 1 aliphatic carbocycles. The number of aliphatic hydroxyl groups excluding tert-OH is 1. The number of carbonyl (C=O) groups is 1. The molecular weight excluding hydrogens is 206 g/mol. The summed E-state index contributed by atoms with van der Waals surface area (Å²) in [5, 5.41) is 15.8. The highest BCUT2D eigenvalue weighted by Gasteiger charge is 2.46. The van der Waals surface area contributed by atoms with E-state index in [-0.39, 0.29) is 17.6 Å². The fourth-order valence-electron chi connectivity index (χ4n) is 2.35. The Balaban J connectivity index is 1.67. The molecule has 0 aromatic heterocycles. The van der Waals surface area contributed by atoms with E-state index in [0.717, 1.165) is 32.6 Å². The number of amides is 2. The summed E-state index contributed by atoms with van der Waals surface area (Å²) >= 11 is 0. The van der Waals surface area contributed by atoms with E-state index in [4.69, 9.17) is 0 Å². The van der Waals surface area contributed by atoms with Crippen LogP contribution in [0, 0.1) is 5.41 Å². The molecule has 2 atom stereocenters. The van der Waals surface area contributed by atoms with E-state index in [2.05, 4.69) is 24.5 Å². The molecule has 1 aliphatic heterocycles. The Morgan fingerprint density at radius 3 is 2.88 bits per heavy atom. The van der Waals surface area contributed by atoms with Crippen molar-refractivity contribution in [2.75, 3.05) is 26.2 Å². The van der Waals surface area contributed by atoms with Crippen LogP contribution in [0.2, 0.25) is 0 Å². The smallest absolute Gasteiger partial charge is 0.317 e. The van der Waals surface area contributed by atoms with Crippen LogP contribution in [-0.4, -0.2) is 54.4 Å². The van der Waals surface area contributed by atoms with E-state index in [1.165, 1.54) is 0 Å². The lowest BCUT2D eigenvalue weighted by atomic mass is 9.64. The summed E-state index contributed by atoms with van der Waals surface area (Å²) in [6, 6.07) is 0.405. The molecular formula is C11H21N3O2. The van der Waals surface area contributed by atoms with Crippen molar-refractivity contribution in [3.8, 4) is 0 Å². The Bertz CT molecular complexity index is 280. The molecule has 16 heavy (non-hydrogen) atoms. The third kappa shape index (κ3) is 2.01. The number of hydrogen-bond acceptors (Lipinski definition) is 3. The van der Waals surface area contributed by atoms with Crippen LogP contribution in [-0.2, 0) is 0 Å². The van der Waals surface area contributed by atoms with Crippen LogP contribution in [0.25, 0.3) is 0 Å². The van der Waals surface area contributed by atoms with Gasteiger partial charge in [0.2, 0.25) is 0 Å². The number of carbonyl (C=O) groups excluding carboxylic acids is 1. The minimum atomic E-state index is -0.194. The molecule has 2 rings (SSSR count). The van der Waals surface area contributed by atoms with Gasteiger partial charge in [-0.25, -0.2) is 4.79 Å². The van der Waals surface area contributed by atoms with Gasteiger partial charge in [0.25, 0.3) is 0 Å². The van der Waals surface area contributed by atoms with Crippen molar-refractivity contribution >= 4 is 6.03 Å². The summed E-state index contributed by atoms with van der Waals surface area (Å²) in [7, 11) is 0. The van der Waals surface area contributed by atoms with Crippen molar-refractivity contribution in [2.24, 2.45) is 5.41 Å². The number of aliphatic hydroxyl groups is 1. The van der Waals surface area contributed by atoms with Crippen molar-refractivity contribution in [1.29, 1.82) is 0 Å². The van der Waals surface area contributed by atoms with Gasteiger partial charge in [0, 0.05) is 37.6 Å². The van der Waals surface area contributed by atoms with E-state index in [0.29, 0.717) is 6.04 Å². The molecule has 0 spiro atoms. The quantitative estimate of drug-likeness (QED) is 0.621. The van der Waals surface area contributed by atoms with Gasteiger partial charge in [-0.1, -0.05) is 13.8 Å². The Labute approximate surface area is 96.2 Å². The lowest BCUT2D eigenvalue weighted by molar-refractivity contribution is -0.0723. The molecule has 2 unspecified atom stereocenters. The average Bonchev–Trinajstić information content (AvgIpc) is 2.63. The van der Waals surface area contributed by atoms with E-state index in [9.17, 15) is 9.90 Å². The SMILES string of the molecule is CC1(C)C(O)CC1NCCN1CCNC1=O. The Kier molecular flexibility index (Phi) is 3.08. The summed E-state index contributed by atoms with van der Waals surface area (Å²) < 4.78 is 0. The predicted octanol–water partition coefficient (Wildman–Crippen LogP) is -0.239. The third-order valence-electron chi connectivity index (χ3n) is 3.93. The highest BCUT2D eigenvalue weighted by atomic mass is 16.3. The fourth-order valence-corrected chi connectivity index (χ4v) is 2.35. The topological polar surface area (TPSA) is 64.6 Å². The van der Waals surface area contributed by atoms with E-state index in [1.807, 2.05) is 4.90 Å². The van der Waals surface area contributed by atoms with Crippen molar-refractivity contribution in [1.82, 2.24) is 15.5 Å². The van der Waals surface area contributed by atoms with Crippen LogP contribution in [0.1, 0.15) is 20.3 Å². The molecule has 5 nitrogen and oxygen atoms in total. The summed E-state index contributed by atoms with van der Waals surface area (Å²) in [5.41, 5.74) is -0.0345. The molecule has 2 fully saturated rings.